The number of aromatic nitrogens is 2. The molecule has 0 saturated heterocycles. The van der Waals surface area contributed by atoms with E-state index < -0.39 is 5.97 Å². The number of halogens is 1. The third-order valence-electron chi connectivity index (χ3n) is 3.53. The van der Waals surface area contributed by atoms with Crippen LogP contribution in [-0.2, 0) is 6.42 Å². The molecule has 4 nitrogen and oxygen atoms in total. The Morgan fingerprint density at radius 2 is 2.05 bits per heavy atom. The van der Waals surface area contributed by atoms with Crippen LogP contribution in [0.2, 0.25) is 0 Å². The lowest BCUT2D eigenvalue weighted by atomic mass is 10.1. The van der Waals surface area contributed by atoms with Gasteiger partial charge in [0, 0.05) is 4.88 Å². The van der Waals surface area contributed by atoms with E-state index in [0.717, 1.165) is 22.6 Å². The van der Waals surface area contributed by atoms with Crippen LogP contribution in [0.25, 0.3) is 16.2 Å². The molecule has 2 aromatic heterocycles. The smallest absolute Gasteiger partial charge is 0.354 e. The van der Waals surface area contributed by atoms with Gasteiger partial charge in [-0.2, -0.15) is 0 Å². The summed E-state index contributed by atoms with van der Waals surface area (Å²) in [7, 11) is 0. The summed E-state index contributed by atoms with van der Waals surface area (Å²) < 4.78 is 14.8. The first-order valence-electron chi connectivity index (χ1n) is 7.03. The molecule has 6 heteroatoms. The fraction of sp³-hybridized carbons (Fsp3) is 0.250. The molecule has 0 aliphatic carbocycles. The molecule has 3 aromatic rings. The molecule has 0 saturated carbocycles. The highest BCUT2D eigenvalue weighted by Gasteiger charge is 2.23. The molecule has 0 spiro atoms. The van der Waals surface area contributed by atoms with Crippen molar-refractivity contribution in [1.29, 1.82) is 0 Å². The molecule has 0 fully saturated rings. The van der Waals surface area contributed by atoms with Crippen molar-refractivity contribution in [2.24, 2.45) is 0 Å². The van der Waals surface area contributed by atoms with Crippen molar-refractivity contribution < 1.29 is 14.3 Å². The van der Waals surface area contributed by atoms with E-state index in [4.69, 9.17) is 0 Å². The van der Waals surface area contributed by atoms with E-state index in [9.17, 15) is 14.3 Å². The van der Waals surface area contributed by atoms with E-state index in [1.807, 2.05) is 13.8 Å². The largest absolute Gasteiger partial charge is 0.477 e. The number of carbonyl (C=O) groups is 1. The maximum atomic E-state index is 13.1. The number of fused-ring (bicyclic) bond motifs is 1. The van der Waals surface area contributed by atoms with E-state index in [1.165, 1.54) is 23.5 Å². The van der Waals surface area contributed by atoms with Gasteiger partial charge in [-0.1, -0.05) is 13.3 Å². The van der Waals surface area contributed by atoms with Crippen LogP contribution >= 0.6 is 11.3 Å². The molecular weight excluding hydrogens is 303 g/mol. The number of hydrogen-bond donors (Lipinski definition) is 1. The molecular formula is C16H15FN2O2S. The monoisotopic (exact) mass is 318 g/mol. The Morgan fingerprint density at radius 3 is 2.64 bits per heavy atom. The summed E-state index contributed by atoms with van der Waals surface area (Å²) in [5.41, 5.74) is 2.37. The quantitative estimate of drug-likeness (QED) is 0.786. The molecule has 2 heterocycles. The van der Waals surface area contributed by atoms with Crippen LogP contribution in [0.4, 0.5) is 4.39 Å². The molecule has 1 aromatic carbocycles. The van der Waals surface area contributed by atoms with Crippen molar-refractivity contribution in [2.75, 3.05) is 0 Å². The maximum absolute atomic E-state index is 13.1. The molecule has 1 N–H and O–H groups in total. The number of rotatable bonds is 4. The number of carboxylic acids is 1. The lowest BCUT2D eigenvalue weighted by Crippen LogP contribution is -2.06. The highest BCUT2D eigenvalue weighted by molar-refractivity contribution is 7.17. The van der Waals surface area contributed by atoms with Crippen LogP contribution < -0.4 is 0 Å². The normalized spacial score (nSPS) is 11.2. The molecule has 0 unspecified atom stereocenters. The predicted octanol–water partition coefficient (Wildman–Crippen LogP) is 4.16. The molecule has 22 heavy (non-hydrogen) atoms. The molecule has 3 rings (SSSR count). The van der Waals surface area contributed by atoms with Gasteiger partial charge in [0.2, 0.25) is 0 Å². The van der Waals surface area contributed by atoms with Crippen molar-refractivity contribution in [3.8, 4) is 11.3 Å². The lowest BCUT2D eigenvalue weighted by Gasteiger charge is -2.05. The van der Waals surface area contributed by atoms with Gasteiger partial charge in [-0.3, -0.25) is 4.40 Å². The fourth-order valence-corrected chi connectivity index (χ4v) is 3.64. The first-order valence-corrected chi connectivity index (χ1v) is 7.84. The summed E-state index contributed by atoms with van der Waals surface area (Å²) in [6.07, 6.45) is 1.45. The van der Waals surface area contributed by atoms with Crippen molar-refractivity contribution in [2.45, 2.75) is 26.7 Å². The minimum atomic E-state index is -0.989. The first-order chi connectivity index (χ1) is 10.5. The summed E-state index contributed by atoms with van der Waals surface area (Å²) in [5.74, 6) is -1.30. The molecule has 0 atom stereocenters. The van der Waals surface area contributed by atoms with Crippen LogP contribution in [-0.4, -0.2) is 20.5 Å². The number of benzene rings is 1. The topological polar surface area (TPSA) is 54.6 Å². The Hall–Kier alpha value is -2.21. The predicted molar refractivity (Wildman–Crippen MR) is 84.2 cm³/mol. The van der Waals surface area contributed by atoms with Crippen molar-refractivity contribution in [3.05, 3.63) is 46.3 Å². The first kappa shape index (κ1) is 14.7. The highest BCUT2D eigenvalue weighted by atomic mass is 32.1. The molecule has 0 aliphatic heterocycles. The minimum Gasteiger partial charge on any atom is -0.477 e. The maximum Gasteiger partial charge on any atom is 0.354 e. The molecule has 0 aliphatic rings. The van der Waals surface area contributed by atoms with Crippen LogP contribution in [0, 0.1) is 12.7 Å². The van der Waals surface area contributed by atoms with Gasteiger partial charge in [0.15, 0.2) is 10.7 Å². The molecule has 0 bridgehead atoms. The average molecular weight is 318 g/mol. The third kappa shape index (κ3) is 2.29. The summed E-state index contributed by atoms with van der Waals surface area (Å²) in [4.78, 5) is 17.8. The van der Waals surface area contributed by atoms with Crippen LogP contribution in [0.1, 0.15) is 34.4 Å². The standard InChI is InChI=1S/C16H15FN2O2S/c1-3-4-12-14(15(20)21)19-13(9(2)22-16(19)18-12)10-5-7-11(17)8-6-10/h5-8H,3-4H2,1-2H3,(H,20,21). The van der Waals surface area contributed by atoms with Gasteiger partial charge in [0.05, 0.1) is 11.4 Å². The number of carboxylic acid groups (broad SMARTS) is 1. The van der Waals surface area contributed by atoms with Crippen molar-refractivity contribution in [1.82, 2.24) is 9.38 Å². The Bertz CT molecular complexity index is 849. The van der Waals surface area contributed by atoms with E-state index in [1.54, 1.807) is 16.5 Å². The number of hydrogen-bond acceptors (Lipinski definition) is 3. The average Bonchev–Trinajstić information content (AvgIpc) is 2.94. The van der Waals surface area contributed by atoms with E-state index in [-0.39, 0.29) is 11.5 Å². The van der Waals surface area contributed by atoms with E-state index in [2.05, 4.69) is 4.98 Å². The zero-order valence-electron chi connectivity index (χ0n) is 12.3. The second-order valence-electron chi connectivity index (χ2n) is 5.09. The third-order valence-corrected chi connectivity index (χ3v) is 4.48. The Morgan fingerprint density at radius 1 is 1.36 bits per heavy atom. The second kappa shape index (κ2) is 5.53. The van der Waals surface area contributed by atoms with Gasteiger partial charge in [0.1, 0.15) is 5.82 Å². The van der Waals surface area contributed by atoms with Gasteiger partial charge < -0.3 is 5.11 Å². The van der Waals surface area contributed by atoms with Crippen LogP contribution in [0.3, 0.4) is 0 Å². The Kier molecular flexibility index (Phi) is 3.70. The van der Waals surface area contributed by atoms with Crippen LogP contribution in [0.15, 0.2) is 24.3 Å². The summed E-state index contributed by atoms with van der Waals surface area (Å²) in [6.45, 7) is 3.91. The number of imidazole rings is 1. The number of nitrogens with zero attached hydrogens (tertiary/aromatic N) is 2. The van der Waals surface area contributed by atoms with Gasteiger partial charge >= 0.3 is 5.97 Å². The highest BCUT2D eigenvalue weighted by Crippen LogP contribution is 2.33. The number of aryl methyl sites for hydroxylation is 2. The summed E-state index contributed by atoms with van der Waals surface area (Å²) in [5, 5.41) is 9.59. The molecule has 0 amide bonds. The van der Waals surface area contributed by atoms with Gasteiger partial charge in [-0.15, -0.1) is 11.3 Å². The fourth-order valence-electron chi connectivity index (χ4n) is 2.63. The molecule has 114 valence electrons. The van der Waals surface area contributed by atoms with Gasteiger partial charge in [-0.05, 0) is 43.2 Å². The van der Waals surface area contributed by atoms with E-state index in [0.29, 0.717) is 17.1 Å². The van der Waals surface area contributed by atoms with Gasteiger partial charge in [-0.25, -0.2) is 14.2 Å². The zero-order valence-corrected chi connectivity index (χ0v) is 13.1. The van der Waals surface area contributed by atoms with Crippen molar-refractivity contribution in [3.63, 3.8) is 0 Å². The van der Waals surface area contributed by atoms with E-state index >= 15 is 0 Å². The lowest BCUT2D eigenvalue weighted by molar-refractivity contribution is 0.0688. The summed E-state index contributed by atoms with van der Waals surface area (Å²) in [6, 6.07) is 6.08. The number of thiazole rings is 1. The van der Waals surface area contributed by atoms with Crippen LogP contribution in [0.5, 0.6) is 0 Å². The zero-order chi connectivity index (χ0) is 15.9. The van der Waals surface area contributed by atoms with Gasteiger partial charge in [0.25, 0.3) is 0 Å². The second-order valence-corrected chi connectivity index (χ2v) is 6.28. The molecule has 0 radical (unpaired) electrons. The summed E-state index contributed by atoms with van der Waals surface area (Å²) >= 11 is 1.45. The number of aromatic carboxylic acids is 1. The minimum absolute atomic E-state index is 0.209. The Labute approximate surface area is 130 Å². The Balaban J connectivity index is 2.31. The van der Waals surface area contributed by atoms with Crippen molar-refractivity contribution >= 4 is 22.3 Å². The SMILES string of the molecule is CCCc1nc2sc(C)c(-c3ccc(F)cc3)n2c1C(=O)O.